The van der Waals surface area contributed by atoms with Crippen LogP contribution in [0.2, 0.25) is 0 Å². The number of carbonyl (C=O) groups excluding carboxylic acids is 3. The second-order valence-corrected chi connectivity index (χ2v) is 9.28. The summed E-state index contributed by atoms with van der Waals surface area (Å²) in [7, 11) is 0. The van der Waals surface area contributed by atoms with Crippen molar-refractivity contribution in [3.63, 3.8) is 0 Å². The number of hydrazine groups is 1. The molecule has 1 aliphatic heterocycles. The van der Waals surface area contributed by atoms with Gasteiger partial charge in [0.25, 0.3) is 17.7 Å². The predicted molar refractivity (Wildman–Crippen MR) is 164 cm³/mol. The minimum absolute atomic E-state index is 0.124. The Balaban J connectivity index is 1.35. The topological polar surface area (TPSA) is 154 Å². The highest BCUT2D eigenvalue weighted by Crippen LogP contribution is 2.23. The van der Waals surface area contributed by atoms with Crippen molar-refractivity contribution in [2.45, 2.75) is 0 Å². The average molecular weight is 582 g/mol. The fraction of sp³-hybridized carbons (Fsp3) is 0. The van der Waals surface area contributed by atoms with Crippen molar-refractivity contribution in [2.24, 2.45) is 4.99 Å². The van der Waals surface area contributed by atoms with Gasteiger partial charge >= 0.3 is 0 Å². The standard InChI is InChI=1S/C32H23N9O3/c42-27(22-14-6-2-7-15-22)35-30-37-31(36-28(43)23-16-8-3-9-17-23)39-32(38-30)40-41-26(21-12-4-1-5-13-21)34-25(29(41)44)20-24-18-10-11-19-33-24/h1-20H,(H3,35,36,37,38,39,40,42,43)/b25-20+. The molecule has 44 heavy (non-hydrogen) atoms. The number of amides is 3. The van der Waals surface area contributed by atoms with E-state index < -0.39 is 17.7 Å². The van der Waals surface area contributed by atoms with Gasteiger partial charge in [0.2, 0.25) is 17.8 Å². The van der Waals surface area contributed by atoms with Crippen LogP contribution < -0.4 is 16.1 Å². The number of hydrogen-bond acceptors (Lipinski definition) is 9. The second kappa shape index (κ2) is 12.5. The molecule has 0 radical (unpaired) electrons. The van der Waals surface area contributed by atoms with Gasteiger partial charge in [-0.05, 0) is 42.5 Å². The number of amidine groups is 1. The Bertz CT molecular complexity index is 1810. The largest absolute Gasteiger partial charge is 0.297 e. The number of pyridine rings is 1. The molecule has 0 spiro atoms. The van der Waals surface area contributed by atoms with Crippen LogP contribution in [0.5, 0.6) is 0 Å². The van der Waals surface area contributed by atoms with Crippen LogP contribution in [0.4, 0.5) is 17.8 Å². The molecule has 12 heteroatoms. The SMILES string of the molecule is O=C(Nc1nc(NC(=O)c2ccccc2)nc(NN2C(=O)/C(=C\c3ccccn3)N=C2c2ccccc2)n1)c1ccccc1. The molecule has 6 rings (SSSR count). The Morgan fingerprint density at radius 3 is 1.70 bits per heavy atom. The third kappa shape index (κ3) is 6.34. The number of rotatable bonds is 8. The first-order valence-electron chi connectivity index (χ1n) is 13.4. The normalized spacial score (nSPS) is 13.4. The first kappa shape index (κ1) is 27.6. The maximum atomic E-state index is 13.6. The van der Waals surface area contributed by atoms with Crippen molar-refractivity contribution in [1.82, 2.24) is 24.9 Å². The van der Waals surface area contributed by atoms with Crippen molar-refractivity contribution in [1.29, 1.82) is 0 Å². The molecule has 0 unspecified atom stereocenters. The summed E-state index contributed by atoms with van der Waals surface area (Å²) in [6.07, 6.45) is 3.18. The molecular formula is C32H23N9O3. The molecule has 3 N–H and O–H groups in total. The number of carbonyl (C=O) groups is 3. The summed E-state index contributed by atoms with van der Waals surface area (Å²) in [5.41, 5.74) is 4.94. The van der Waals surface area contributed by atoms with Crippen LogP contribution in [0.15, 0.2) is 126 Å². The van der Waals surface area contributed by atoms with Crippen LogP contribution in [-0.2, 0) is 4.79 Å². The van der Waals surface area contributed by atoms with Gasteiger partial charge in [-0.25, -0.2) is 4.99 Å². The van der Waals surface area contributed by atoms with E-state index in [9.17, 15) is 14.4 Å². The zero-order valence-corrected chi connectivity index (χ0v) is 23.0. The maximum absolute atomic E-state index is 13.6. The van der Waals surface area contributed by atoms with E-state index in [1.165, 1.54) is 5.01 Å². The Morgan fingerprint density at radius 1 is 0.636 bits per heavy atom. The van der Waals surface area contributed by atoms with E-state index in [0.29, 0.717) is 22.4 Å². The molecule has 3 amide bonds. The lowest BCUT2D eigenvalue weighted by molar-refractivity contribution is -0.121. The fourth-order valence-corrected chi connectivity index (χ4v) is 4.17. The average Bonchev–Trinajstić information content (AvgIpc) is 3.36. The highest BCUT2D eigenvalue weighted by molar-refractivity contribution is 6.20. The number of anilines is 3. The summed E-state index contributed by atoms with van der Waals surface area (Å²) in [5, 5.41) is 6.44. The Labute approximate surface area is 251 Å². The molecular weight excluding hydrogens is 558 g/mol. The van der Waals surface area contributed by atoms with Crippen LogP contribution in [-0.4, -0.2) is 48.5 Å². The van der Waals surface area contributed by atoms with E-state index in [1.807, 2.05) is 18.2 Å². The smallest absolute Gasteiger partial charge is 0.290 e. The molecule has 0 atom stereocenters. The van der Waals surface area contributed by atoms with Gasteiger partial charge in [-0.3, -0.25) is 35.4 Å². The number of benzene rings is 3. The van der Waals surface area contributed by atoms with Crippen molar-refractivity contribution in [3.05, 3.63) is 143 Å². The lowest BCUT2D eigenvalue weighted by Crippen LogP contribution is -2.38. The van der Waals surface area contributed by atoms with Crippen molar-refractivity contribution < 1.29 is 14.4 Å². The minimum Gasteiger partial charge on any atom is -0.290 e. The summed E-state index contributed by atoms with van der Waals surface area (Å²) in [6.45, 7) is 0. The zero-order valence-electron chi connectivity index (χ0n) is 23.0. The van der Waals surface area contributed by atoms with E-state index in [1.54, 1.807) is 103 Å². The number of aliphatic imine (C=N–C) groups is 1. The molecule has 3 aromatic carbocycles. The summed E-state index contributed by atoms with van der Waals surface area (Å²) in [5.74, 6) is -1.63. The molecule has 0 bridgehead atoms. The fourth-order valence-electron chi connectivity index (χ4n) is 4.17. The van der Waals surface area contributed by atoms with Crippen LogP contribution in [0.25, 0.3) is 6.08 Å². The number of hydrogen-bond donors (Lipinski definition) is 3. The van der Waals surface area contributed by atoms with Crippen LogP contribution in [0.3, 0.4) is 0 Å². The first-order valence-corrected chi connectivity index (χ1v) is 13.4. The van der Waals surface area contributed by atoms with Gasteiger partial charge < -0.3 is 0 Å². The molecule has 2 aromatic heterocycles. The molecule has 0 fully saturated rings. The van der Waals surface area contributed by atoms with Crippen molar-refractivity contribution >= 4 is 47.5 Å². The molecule has 214 valence electrons. The highest BCUT2D eigenvalue weighted by Gasteiger charge is 2.32. The number of aromatic nitrogens is 4. The van der Waals surface area contributed by atoms with Crippen molar-refractivity contribution in [3.8, 4) is 0 Å². The highest BCUT2D eigenvalue weighted by atomic mass is 16.2. The first-order chi connectivity index (χ1) is 21.5. The van der Waals surface area contributed by atoms with E-state index in [0.717, 1.165) is 0 Å². The molecule has 3 heterocycles. The summed E-state index contributed by atoms with van der Waals surface area (Å²) < 4.78 is 0. The number of nitrogens with one attached hydrogen (secondary N) is 3. The van der Waals surface area contributed by atoms with Gasteiger partial charge in [-0.2, -0.15) is 20.0 Å². The molecule has 12 nitrogen and oxygen atoms in total. The van der Waals surface area contributed by atoms with Crippen LogP contribution in [0.1, 0.15) is 32.0 Å². The summed E-state index contributed by atoms with van der Waals surface area (Å²) in [4.78, 5) is 61.2. The molecule has 5 aromatic rings. The Kier molecular flexibility index (Phi) is 7.86. The third-order valence-electron chi connectivity index (χ3n) is 6.23. The summed E-state index contributed by atoms with van der Waals surface area (Å²) >= 11 is 0. The lowest BCUT2D eigenvalue weighted by atomic mass is 10.2. The van der Waals surface area contributed by atoms with E-state index in [2.05, 4.69) is 41.0 Å². The molecule has 0 saturated carbocycles. The quantitative estimate of drug-likeness (QED) is 0.228. The van der Waals surface area contributed by atoms with E-state index >= 15 is 0 Å². The van der Waals surface area contributed by atoms with E-state index in [-0.39, 0.29) is 29.4 Å². The zero-order chi connectivity index (χ0) is 30.3. The van der Waals surface area contributed by atoms with Gasteiger partial charge in [0.15, 0.2) is 5.84 Å². The minimum atomic E-state index is -0.500. The van der Waals surface area contributed by atoms with E-state index in [4.69, 9.17) is 0 Å². The van der Waals surface area contributed by atoms with Gasteiger partial charge in [-0.15, -0.1) is 0 Å². The van der Waals surface area contributed by atoms with Gasteiger partial charge in [-0.1, -0.05) is 72.8 Å². The predicted octanol–water partition coefficient (Wildman–Crippen LogP) is 4.43. The van der Waals surface area contributed by atoms with Crippen LogP contribution >= 0.6 is 0 Å². The van der Waals surface area contributed by atoms with Gasteiger partial charge in [0.1, 0.15) is 5.70 Å². The second-order valence-electron chi connectivity index (χ2n) is 9.28. The summed E-state index contributed by atoms with van der Waals surface area (Å²) in [6, 6.07) is 31.4. The van der Waals surface area contributed by atoms with Gasteiger partial charge in [0.05, 0.1) is 5.69 Å². The van der Waals surface area contributed by atoms with Gasteiger partial charge in [0, 0.05) is 22.9 Å². The van der Waals surface area contributed by atoms with Crippen molar-refractivity contribution in [2.75, 3.05) is 16.1 Å². The third-order valence-corrected chi connectivity index (χ3v) is 6.23. The monoisotopic (exact) mass is 581 g/mol. The van der Waals surface area contributed by atoms with Crippen LogP contribution in [0, 0.1) is 0 Å². The molecule has 0 saturated heterocycles. The Hall–Kier alpha value is -6.56. The molecule has 0 aliphatic carbocycles. The Morgan fingerprint density at radius 2 is 1.16 bits per heavy atom. The molecule has 1 aliphatic rings. The maximum Gasteiger partial charge on any atom is 0.297 e. The number of nitrogens with zero attached hydrogens (tertiary/aromatic N) is 6. The lowest BCUT2D eigenvalue weighted by Gasteiger charge is -2.19.